The van der Waals surface area contributed by atoms with Gasteiger partial charge >= 0.3 is 5.97 Å². The van der Waals surface area contributed by atoms with E-state index in [2.05, 4.69) is 6.92 Å². The first-order valence-corrected chi connectivity index (χ1v) is 8.54. The molecule has 3 aliphatic rings. The smallest absolute Gasteiger partial charge is 0.312 e. The maximum Gasteiger partial charge on any atom is 0.312 e. The number of carbonyl (C=O) groups excluding carboxylic acids is 2. The van der Waals surface area contributed by atoms with Crippen molar-refractivity contribution in [1.82, 2.24) is 0 Å². The van der Waals surface area contributed by atoms with E-state index >= 15 is 0 Å². The van der Waals surface area contributed by atoms with Gasteiger partial charge in [-0.05, 0) is 31.0 Å². The number of benzene rings is 1. The van der Waals surface area contributed by atoms with Crippen molar-refractivity contribution in [1.29, 1.82) is 0 Å². The molecule has 4 rings (SSSR count). The zero-order chi connectivity index (χ0) is 16.9. The molecule has 1 amide bonds. The van der Waals surface area contributed by atoms with Gasteiger partial charge in [0.2, 0.25) is 5.91 Å². The lowest BCUT2D eigenvalue weighted by atomic mass is 9.77. The Morgan fingerprint density at radius 1 is 1.33 bits per heavy atom. The van der Waals surface area contributed by atoms with Crippen LogP contribution in [0, 0.1) is 11.8 Å². The largest absolute Gasteiger partial charge is 0.466 e. The molecule has 5 nitrogen and oxygen atoms in total. The molecule has 0 saturated carbocycles. The predicted molar refractivity (Wildman–Crippen MR) is 88.5 cm³/mol. The van der Waals surface area contributed by atoms with Gasteiger partial charge in [-0.15, -0.1) is 0 Å². The van der Waals surface area contributed by atoms with E-state index in [1.807, 2.05) is 36.4 Å². The van der Waals surface area contributed by atoms with Gasteiger partial charge in [-0.2, -0.15) is 0 Å². The van der Waals surface area contributed by atoms with E-state index in [9.17, 15) is 9.59 Å². The van der Waals surface area contributed by atoms with Gasteiger partial charge in [0.15, 0.2) is 0 Å². The highest BCUT2D eigenvalue weighted by atomic mass is 16.6. The average Bonchev–Trinajstić information content (AvgIpc) is 3.23. The lowest BCUT2D eigenvalue weighted by molar-refractivity contribution is -0.151. The second-order valence-corrected chi connectivity index (χ2v) is 6.60. The molecule has 1 aromatic carbocycles. The first-order chi connectivity index (χ1) is 11.6. The Bertz CT molecular complexity index is 711. The van der Waals surface area contributed by atoms with Gasteiger partial charge in [-0.25, -0.2) is 0 Å². The summed E-state index contributed by atoms with van der Waals surface area (Å²) in [7, 11) is 0. The molecule has 3 heterocycles. The summed E-state index contributed by atoms with van der Waals surface area (Å²) in [5, 5.41) is 0. The number of anilines is 1. The molecule has 2 bridgehead atoms. The minimum Gasteiger partial charge on any atom is -0.466 e. The third kappa shape index (κ3) is 2.04. The van der Waals surface area contributed by atoms with Crippen LogP contribution in [0.4, 0.5) is 5.69 Å². The molecule has 1 spiro atoms. The summed E-state index contributed by atoms with van der Waals surface area (Å²) in [5.41, 5.74) is 1.39. The second kappa shape index (κ2) is 5.45. The highest BCUT2D eigenvalue weighted by Crippen LogP contribution is 2.52. The van der Waals surface area contributed by atoms with Crippen molar-refractivity contribution in [3.05, 3.63) is 42.0 Å². The summed E-state index contributed by atoms with van der Waals surface area (Å²) in [6, 6.07) is 7.99. The van der Waals surface area contributed by atoms with E-state index in [0.29, 0.717) is 13.2 Å². The minimum atomic E-state index is -0.692. The quantitative estimate of drug-likeness (QED) is 0.628. The van der Waals surface area contributed by atoms with Crippen LogP contribution < -0.4 is 4.90 Å². The monoisotopic (exact) mass is 327 g/mol. The number of carbonyl (C=O) groups is 2. The fourth-order valence-corrected chi connectivity index (χ4v) is 4.14. The van der Waals surface area contributed by atoms with Crippen molar-refractivity contribution < 1.29 is 19.1 Å². The molecule has 2 saturated heterocycles. The number of ether oxygens (including phenoxy) is 2. The highest BCUT2D eigenvalue weighted by Gasteiger charge is 2.67. The van der Waals surface area contributed by atoms with E-state index in [1.165, 1.54) is 5.56 Å². The molecule has 126 valence electrons. The van der Waals surface area contributed by atoms with Crippen LogP contribution in [0.3, 0.4) is 0 Å². The number of esters is 1. The van der Waals surface area contributed by atoms with Gasteiger partial charge in [0.1, 0.15) is 11.5 Å². The average molecular weight is 327 g/mol. The van der Waals surface area contributed by atoms with Gasteiger partial charge in [0.25, 0.3) is 0 Å². The minimum absolute atomic E-state index is 0.0517. The topological polar surface area (TPSA) is 55.8 Å². The molecule has 3 aliphatic heterocycles. The SMILES string of the molecule is CCOC(=O)C1[C@H]2C=CC3(CN(c4ccc(CC)cc4)C(=O)[C@@H]13)O2. The van der Waals surface area contributed by atoms with Gasteiger partial charge in [-0.3, -0.25) is 9.59 Å². The van der Waals surface area contributed by atoms with Crippen molar-refractivity contribution in [2.45, 2.75) is 32.0 Å². The lowest BCUT2D eigenvalue weighted by Gasteiger charge is -2.22. The first kappa shape index (κ1) is 15.4. The van der Waals surface area contributed by atoms with Crippen molar-refractivity contribution >= 4 is 17.6 Å². The van der Waals surface area contributed by atoms with Crippen LogP contribution >= 0.6 is 0 Å². The Hall–Kier alpha value is -2.14. The molecule has 0 aliphatic carbocycles. The fraction of sp³-hybridized carbons (Fsp3) is 0.474. The zero-order valence-corrected chi connectivity index (χ0v) is 13.9. The number of fused-ring (bicyclic) bond motifs is 1. The van der Waals surface area contributed by atoms with Crippen molar-refractivity contribution in [3.63, 3.8) is 0 Å². The summed E-state index contributed by atoms with van der Waals surface area (Å²) in [4.78, 5) is 27.1. The third-order valence-corrected chi connectivity index (χ3v) is 5.32. The summed E-state index contributed by atoms with van der Waals surface area (Å²) >= 11 is 0. The van der Waals surface area contributed by atoms with Gasteiger partial charge in [0, 0.05) is 5.69 Å². The molecule has 24 heavy (non-hydrogen) atoms. The molecular weight excluding hydrogens is 306 g/mol. The van der Waals surface area contributed by atoms with Gasteiger partial charge < -0.3 is 14.4 Å². The van der Waals surface area contributed by atoms with Crippen molar-refractivity contribution in [2.75, 3.05) is 18.1 Å². The van der Waals surface area contributed by atoms with E-state index < -0.39 is 17.4 Å². The normalized spacial score (nSPS) is 33.2. The number of nitrogens with zero attached hydrogens (tertiary/aromatic N) is 1. The lowest BCUT2D eigenvalue weighted by Crippen LogP contribution is -2.40. The van der Waals surface area contributed by atoms with Gasteiger partial charge in [0.05, 0.1) is 25.2 Å². The molecule has 1 aromatic rings. The van der Waals surface area contributed by atoms with Crippen LogP contribution in [-0.4, -0.2) is 36.7 Å². The Morgan fingerprint density at radius 2 is 2.08 bits per heavy atom. The van der Waals surface area contributed by atoms with Crippen LogP contribution in [0.25, 0.3) is 0 Å². The fourth-order valence-electron chi connectivity index (χ4n) is 4.14. The molecule has 2 fully saturated rings. The van der Waals surface area contributed by atoms with Crippen LogP contribution in [0.1, 0.15) is 19.4 Å². The standard InChI is InChI=1S/C19H21NO4/c1-3-12-5-7-13(8-6-12)20-11-19-10-9-14(24-19)15(16(19)17(20)21)18(22)23-4-2/h5-10,14-16H,3-4,11H2,1-2H3/t14-,15?,16-,19?/m1/s1. The Balaban J connectivity index is 1.65. The van der Waals surface area contributed by atoms with E-state index in [4.69, 9.17) is 9.47 Å². The molecule has 0 radical (unpaired) electrons. The van der Waals surface area contributed by atoms with Crippen molar-refractivity contribution in [2.24, 2.45) is 11.8 Å². The number of hydrogen-bond donors (Lipinski definition) is 0. The Kier molecular flexibility index (Phi) is 3.49. The summed E-state index contributed by atoms with van der Waals surface area (Å²) < 4.78 is 11.2. The van der Waals surface area contributed by atoms with Crippen LogP contribution in [0.2, 0.25) is 0 Å². The Morgan fingerprint density at radius 3 is 2.75 bits per heavy atom. The number of hydrogen-bond acceptors (Lipinski definition) is 4. The van der Waals surface area contributed by atoms with E-state index in [0.717, 1.165) is 12.1 Å². The molecule has 0 aromatic heterocycles. The molecule has 5 heteroatoms. The van der Waals surface area contributed by atoms with Gasteiger partial charge in [-0.1, -0.05) is 31.2 Å². The van der Waals surface area contributed by atoms with Crippen LogP contribution in [0.15, 0.2) is 36.4 Å². The van der Waals surface area contributed by atoms with Crippen LogP contribution in [-0.2, 0) is 25.5 Å². The third-order valence-electron chi connectivity index (χ3n) is 5.32. The first-order valence-electron chi connectivity index (χ1n) is 8.54. The summed E-state index contributed by atoms with van der Waals surface area (Å²) in [5.74, 6) is -1.42. The highest BCUT2D eigenvalue weighted by molar-refractivity contribution is 6.02. The number of rotatable bonds is 4. The Labute approximate surface area is 141 Å². The number of aryl methyl sites for hydroxylation is 1. The number of amides is 1. The maximum absolute atomic E-state index is 13.0. The van der Waals surface area contributed by atoms with E-state index in [1.54, 1.807) is 11.8 Å². The zero-order valence-electron chi connectivity index (χ0n) is 13.9. The van der Waals surface area contributed by atoms with E-state index in [-0.39, 0.29) is 18.0 Å². The molecule has 0 N–H and O–H groups in total. The second-order valence-electron chi connectivity index (χ2n) is 6.60. The predicted octanol–water partition coefficient (Wildman–Crippen LogP) is 2.10. The maximum atomic E-state index is 13.0. The summed E-state index contributed by atoms with van der Waals surface area (Å²) in [6.07, 6.45) is 4.47. The molecule has 4 atom stereocenters. The van der Waals surface area contributed by atoms with Crippen LogP contribution in [0.5, 0.6) is 0 Å². The summed E-state index contributed by atoms with van der Waals surface area (Å²) in [6.45, 7) is 4.63. The molecule has 2 unspecified atom stereocenters. The molecular formula is C19H21NO4. The van der Waals surface area contributed by atoms with Crippen molar-refractivity contribution in [3.8, 4) is 0 Å².